The van der Waals surface area contributed by atoms with Crippen LogP contribution in [0.15, 0.2) is 52.4 Å². The summed E-state index contributed by atoms with van der Waals surface area (Å²) >= 11 is 1.34. The van der Waals surface area contributed by atoms with E-state index in [1.807, 2.05) is 47.4 Å². The number of para-hydroxylation sites is 1. The van der Waals surface area contributed by atoms with Gasteiger partial charge in [0.25, 0.3) is 5.56 Å². The summed E-state index contributed by atoms with van der Waals surface area (Å²) in [6.07, 6.45) is 3.65. The third kappa shape index (κ3) is 4.92. The molecule has 1 fully saturated rings. The van der Waals surface area contributed by atoms with Gasteiger partial charge in [-0.25, -0.2) is 4.98 Å². The smallest absolute Gasteiger partial charge is 0.262 e. The minimum Gasteiger partial charge on any atom is -0.497 e. The normalized spacial score (nSPS) is 15.6. The second-order valence-electron chi connectivity index (χ2n) is 8.36. The predicted molar refractivity (Wildman–Crippen MR) is 135 cm³/mol. The summed E-state index contributed by atoms with van der Waals surface area (Å²) in [5.41, 5.74) is 1.57. The SMILES string of the molecule is CCCCn1c(SCC(=O)N2CCCC2c2cc(OC)ccc2OC)nc2ccccc2c1=O. The number of rotatable bonds is 9. The van der Waals surface area contributed by atoms with Gasteiger partial charge in [0.15, 0.2) is 5.16 Å². The first-order chi connectivity index (χ1) is 16.6. The predicted octanol–water partition coefficient (Wildman–Crippen LogP) is 4.67. The van der Waals surface area contributed by atoms with Crippen LogP contribution in [0.3, 0.4) is 0 Å². The Morgan fingerprint density at radius 3 is 2.76 bits per heavy atom. The standard InChI is InChI=1S/C26H31N3O4S/c1-4-5-14-29-25(31)19-9-6-7-10-21(19)27-26(29)34-17-24(30)28-15-8-11-22(28)20-16-18(32-2)12-13-23(20)33-3/h6-7,9-10,12-13,16,22H,4-5,8,11,14-15,17H2,1-3H3. The fourth-order valence-electron chi connectivity index (χ4n) is 4.47. The summed E-state index contributed by atoms with van der Waals surface area (Å²) in [7, 11) is 3.28. The number of carbonyl (C=O) groups is 1. The van der Waals surface area contributed by atoms with E-state index in [0.717, 1.165) is 42.7 Å². The molecule has 1 unspecified atom stereocenters. The van der Waals surface area contributed by atoms with Gasteiger partial charge in [-0.1, -0.05) is 37.2 Å². The first-order valence-corrected chi connectivity index (χ1v) is 12.7. The summed E-state index contributed by atoms with van der Waals surface area (Å²) < 4.78 is 12.7. The van der Waals surface area contributed by atoms with Gasteiger partial charge in [0.1, 0.15) is 11.5 Å². The zero-order valence-electron chi connectivity index (χ0n) is 20.0. The highest BCUT2D eigenvalue weighted by Gasteiger charge is 2.32. The van der Waals surface area contributed by atoms with Gasteiger partial charge < -0.3 is 14.4 Å². The summed E-state index contributed by atoms with van der Waals surface area (Å²) in [6.45, 7) is 3.38. The van der Waals surface area contributed by atoms with Crippen molar-refractivity contribution in [3.63, 3.8) is 0 Å². The van der Waals surface area contributed by atoms with E-state index in [-0.39, 0.29) is 23.3 Å². The average Bonchev–Trinajstić information content (AvgIpc) is 3.36. The Morgan fingerprint density at radius 1 is 1.18 bits per heavy atom. The van der Waals surface area contributed by atoms with Crippen LogP contribution in [0.5, 0.6) is 11.5 Å². The third-order valence-electron chi connectivity index (χ3n) is 6.26. The minimum atomic E-state index is -0.0648. The van der Waals surface area contributed by atoms with Crippen LogP contribution < -0.4 is 15.0 Å². The van der Waals surface area contributed by atoms with Crippen LogP contribution in [0.4, 0.5) is 0 Å². The molecule has 1 amide bonds. The Labute approximate surface area is 204 Å². The lowest BCUT2D eigenvalue weighted by Crippen LogP contribution is -2.32. The maximum Gasteiger partial charge on any atom is 0.262 e. The second kappa shape index (κ2) is 11.0. The second-order valence-corrected chi connectivity index (χ2v) is 9.31. The van der Waals surface area contributed by atoms with E-state index in [0.29, 0.717) is 29.1 Å². The molecule has 1 saturated heterocycles. The fourth-order valence-corrected chi connectivity index (χ4v) is 5.38. The number of benzene rings is 2. The molecule has 0 aliphatic carbocycles. The number of unbranched alkanes of at least 4 members (excludes halogenated alkanes) is 1. The van der Waals surface area contributed by atoms with Crippen molar-refractivity contribution in [1.82, 2.24) is 14.5 Å². The van der Waals surface area contributed by atoms with Crippen molar-refractivity contribution in [3.05, 3.63) is 58.4 Å². The van der Waals surface area contributed by atoms with Crippen molar-refractivity contribution >= 4 is 28.6 Å². The van der Waals surface area contributed by atoms with Gasteiger partial charge in [0.05, 0.1) is 36.9 Å². The lowest BCUT2D eigenvalue weighted by molar-refractivity contribution is -0.129. The molecule has 1 aromatic heterocycles. The lowest BCUT2D eigenvalue weighted by atomic mass is 10.0. The van der Waals surface area contributed by atoms with E-state index in [9.17, 15) is 9.59 Å². The monoisotopic (exact) mass is 481 g/mol. The molecule has 180 valence electrons. The zero-order valence-corrected chi connectivity index (χ0v) is 20.8. The van der Waals surface area contributed by atoms with Crippen LogP contribution in [0, 0.1) is 0 Å². The molecular weight excluding hydrogens is 450 g/mol. The zero-order chi connectivity index (χ0) is 24.1. The van der Waals surface area contributed by atoms with Crippen molar-refractivity contribution in [2.24, 2.45) is 0 Å². The summed E-state index contributed by atoms with van der Waals surface area (Å²) in [5.74, 6) is 1.74. The number of nitrogens with zero attached hydrogens (tertiary/aromatic N) is 3. The van der Waals surface area contributed by atoms with Crippen molar-refractivity contribution in [2.75, 3.05) is 26.5 Å². The fraction of sp³-hybridized carbons (Fsp3) is 0.423. The molecule has 0 radical (unpaired) electrons. The molecule has 3 aromatic rings. The van der Waals surface area contributed by atoms with Gasteiger partial charge in [-0.2, -0.15) is 0 Å². The largest absolute Gasteiger partial charge is 0.497 e. The molecular formula is C26H31N3O4S. The van der Waals surface area contributed by atoms with Crippen molar-refractivity contribution in [2.45, 2.75) is 50.4 Å². The Kier molecular flexibility index (Phi) is 7.77. The first-order valence-electron chi connectivity index (χ1n) is 11.7. The summed E-state index contributed by atoms with van der Waals surface area (Å²) in [6, 6.07) is 13.0. The molecule has 34 heavy (non-hydrogen) atoms. The number of hydrogen-bond acceptors (Lipinski definition) is 6. The van der Waals surface area contributed by atoms with Crippen LogP contribution in [0.2, 0.25) is 0 Å². The van der Waals surface area contributed by atoms with Crippen molar-refractivity contribution in [3.8, 4) is 11.5 Å². The third-order valence-corrected chi connectivity index (χ3v) is 7.22. The number of likely N-dealkylation sites (tertiary alicyclic amines) is 1. The molecule has 0 spiro atoms. The summed E-state index contributed by atoms with van der Waals surface area (Å²) in [5, 5.41) is 1.21. The number of ether oxygens (including phenoxy) is 2. The number of fused-ring (bicyclic) bond motifs is 1. The Hall–Kier alpha value is -3.00. The van der Waals surface area contributed by atoms with Crippen LogP contribution in [0.1, 0.15) is 44.2 Å². The van der Waals surface area contributed by atoms with Gasteiger partial charge >= 0.3 is 0 Å². The van der Waals surface area contributed by atoms with E-state index in [1.54, 1.807) is 18.8 Å². The molecule has 0 bridgehead atoms. The van der Waals surface area contributed by atoms with Crippen LogP contribution in [-0.4, -0.2) is 46.9 Å². The van der Waals surface area contributed by atoms with Gasteiger partial charge in [-0.05, 0) is 49.6 Å². The molecule has 7 nitrogen and oxygen atoms in total. The van der Waals surface area contributed by atoms with E-state index >= 15 is 0 Å². The van der Waals surface area contributed by atoms with Gasteiger partial charge in [0.2, 0.25) is 5.91 Å². The van der Waals surface area contributed by atoms with E-state index in [2.05, 4.69) is 6.92 Å². The molecule has 1 aliphatic heterocycles. The van der Waals surface area contributed by atoms with Gasteiger partial charge in [-0.15, -0.1) is 0 Å². The molecule has 2 aromatic carbocycles. The van der Waals surface area contributed by atoms with E-state index in [4.69, 9.17) is 14.5 Å². The highest BCUT2D eigenvalue weighted by Crippen LogP contribution is 2.39. The molecule has 4 rings (SSSR count). The van der Waals surface area contributed by atoms with Crippen LogP contribution in [-0.2, 0) is 11.3 Å². The highest BCUT2D eigenvalue weighted by atomic mass is 32.2. The highest BCUT2D eigenvalue weighted by molar-refractivity contribution is 7.99. The van der Waals surface area contributed by atoms with E-state index < -0.39 is 0 Å². The quantitative estimate of drug-likeness (QED) is 0.327. The number of thioether (sulfide) groups is 1. The number of methoxy groups -OCH3 is 2. The Bertz CT molecular complexity index is 1230. The Morgan fingerprint density at radius 2 is 2.00 bits per heavy atom. The van der Waals surface area contributed by atoms with Crippen LogP contribution >= 0.6 is 11.8 Å². The molecule has 0 saturated carbocycles. The van der Waals surface area contributed by atoms with Gasteiger partial charge in [-0.3, -0.25) is 14.2 Å². The van der Waals surface area contributed by atoms with E-state index in [1.165, 1.54) is 11.8 Å². The molecule has 2 heterocycles. The summed E-state index contributed by atoms with van der Waals surface area (Å²) in [4.78, 5) is 33.1. The topological polar surface area (TPSA) is 73.7 Å². The van der Waals surface area contributed by atoms with Gasteiger partial charge in [0, 0.05) is 18.7 Å². The molecule has 1 atom stereocenters. The average molecular weight is 482 g/mol. The Balaban J connectivity index is 1.57. The molecule has 8 heteroatoms. The number of hydrogen-bond donors (Lipinski definition) is 0. The molecule has 1 aliphatic rings. The number of aromatic nitrogens is 2. The lowest BCUT2D eigenvalue weighted by Gasteiger charge is -2.26. The number of carbonyl (C=O) groups excluding carboxylic acids is 1. The molecule has 0 N–H and O–H groups in total. The maximum atomic E-state index is 13.3. The van der Waals surface area contributed by atoms with Crippen molar-refractivity contribution < 1.29 is 14.3 Å². The first kappa shape index (κ1) is 24.1. The minimum absolute atomic E-state index is 0.0295. The van der Waals surface area contributed by atoms with Crippen molar-refractivity contribution in [1.29, 1.82) is 0 Å². The van der Waals surface area contributed by atoms with Crippen LogP contribution in [0.25, 0.3) is 10.9 Å². The maximum absolute atomic E-state index is 13.3. The number of amides is 1.